The van der Waals surface area contributed by atoms with Crippen LogP contribution >= 0.6 is 11.8 Å². The molecule has 13 heteroatoms. The van der Waals surface area contributed by atoms with E-state index >= 15 is 4.39 Å². The molecule has 0 aliphatic carbocycles. The first-order chi connectivity index (χ1) is 17.6. The molecule has 1 aromatic heterocycles. The summed E-state index contributed by atoms with van der Waals surface area (Å²) in [4.78, 5) is 28.4. The van der Waals surface area contributed by atoms with E-state index in [9.17, 15) is 19.1 Å². The lowest BCUT2D eigenvalue weighted by Gasteiger charge is -2.56. The molecule has 2 aromatic carbocycles. The van der Waals surface area contributed by atoms with Gasteiger partial charge in [-0.15, -0.1) is 11.8 Å². The van der Waals surface area contributed by atoms with Crippen molar-refractivity contribution in [1.29, 1.82) is 0 Å². The molecule has 3 aliphatic heterocycles. The molecule has 0 radical (unpaired) electrons. The van der Waals surface area contributed by atoms with E-state index in [1.54, 1.807) is 11.0 Å². The Hall–Kier alpha value is -3.18. The molecule has 0 bridgehead atoms. The van der Waals surface area contributed by atoms with Crippen LogP contribution in [-0.2, 0) is 14.7 Å². The number of halogens is 2. The molecule has 3 aliphatic rings. The summed E-state index contributed by atoms with van der Waals surface area (Å²) in [5, 5.41) is 12.6. The van der Waals surface area contributed by atoms with Gasteiger partial charge in [0.1, 0.15) is 29.7 Å². The van der Waals surface area contributed by atoms with E-state index in [4.69, 9.17) is 4.74 Å². The van der Waals surface area contributed by atoms with Gasteiger partial charge in [-0.3, -0.25) is 19.3 Å². The predicted molar refractivity (Wildman–Crippen MR) is 143 cm³/mol. The van der Waals surface area contributed by atoms with Gasteiger partial charge in [-0.1, -0.05) is 24.3 Å². The van der Waals surface area contributed by atoms with E-state index in [1.807, 2.05) is 52.8 Å². The number of thioether (sulfide) groups is 1. The van der Waals surface area contributed by atoms with Crippen molar-refractivity contribution in [2.75, 3.05) is 24.8 Å². The Bertz CT molecular complexity index is 1540. The van der Waals surface area contributed by atoms with Crippen molar-refractivity contribution in [3.63, 3.8) is 0 Å². The van der Waals surface area contributed by atoms with Gasteiger partial charge in [-0.05, 0) is 33.4 Å². The predicted octanol–water partition coefficient (Wildman–Crippen LogP) is -0.401. The number of morpholine rings is 1. The average molecular weight is 519 g/mol. The van der Waals surface area contributed by atoms with E-state index in [-0.39, 0.29) is 24.4 Å². The minimum Gasteiger partial charge on any atom is -0.502 e. The van der Waals surface area contributed by atoms with Crippen molar-refractivity contribution < 1.29 is 23.4 Å². The lowest BCUT2D eigenvalue weighted by molar-refractivity contribution is -0.0216. The maximum Gasteiger partial charge on any atom is 0.278 e. The standard InChI is InChI=1S/C24H22B3F2N3O4S/c25-23(32-17-11-36-10-9-30(17)22(35)20-21(34)15(33)7-8-31(20)32)12-3-1-2-4-16(12)37-24(26,27)18-13(23)5-6-14(28)19(18)29/h1-8,17,34H,9-11,25-27H2/t17-,23+/m1/s1. The largest absolute Gasteiger partial charge is 0.502 e. The molecule has 0 spiro atoms. The minimum absolute atomic E-state index is 0.144. The number of aromatic nitrogens is 1. The van der Waals surface area contributed by atoms with Crippen molar-refractivity contribution >= 4 is 41.2 Å². The topological polar surface area (TPSA) is 75.0 Å². The molecule has 1 saturated heterocycles. The third kappa shape index (κ3) is 3.26. The highest BCUT2D eigenvalue weighted by atomic mass is 32.2. The molecular formula is C24H22B3F2N3O4S. The number of hydrogen-bond donors (Lipinski definition) is 1. The van der Waals surface area contributed by atoms with Crippen LogP contribution in [0.1, 0.15) is 27.2 Å². The Morgan fingerprint density at radius 1 is 1.05 bits per heavy atom. The summed E-state index contributed by atoms with van der Waals surface area (Å²) < 4.78 is 36.9. The third-order valence-corrected chi connectivity index (χ3v) is 8.88. The Morgan fingerprint density at radius 2 is 1.81 bits per heavy atom. The number of nitrogens with zero attached hydrogens (tertiary/aromatic N) is 3. The molecule has 6 rings (SSSR count). The highest BCUT2D eigenvalue weighted by molar-refractivity contribution is 8.02. The summed E-state index contributed by atoms with van der Waals surface area (Å²) in [7, 11) is 5.60. The first-order valence-corrected chi connectivity index (χ1v) is 12.8. The molecule has 0 saturated carbocycles. The maximum atomic E-state index is 15.7. The quantitative estimate of drug-likeness (QED) is 0.442. The number of rotatable bonds is 1. The van der Waals surface area contributed by atoms with Crippen LogP contribution in [0.3, 0.4) is 0 Å². The summed E-state index contributed by atoms with van der Waals surface area (Å²) in [5.41, 5.74) is -0.502. The Labute approximate surface area is 218 Å². The van der Waals surface area contributed by atoms with Gasteiger partial charge < -0.3 is 14.7 Å². The van der Waals surface area contributed by atoms with E-state index in [0.717, 1.165) is 16.5 Å². The number of carbonyl (C=O) groups is 1. The smallest absolute Gasteiger partial charge is 0.278 e. The summed E-state index contributed by atoms with van der Waals surface area (Å²) in [6, 6.07) is 11.5. The molecule has 37 heavy (non-hydrogen) atoms. The number of amides is 1. The van der Waals surface area contributed by atoms with Gasteiger partial charge in [0, 0.05) is 23.7 Å². The van der Waals surface area contributed by atoms with Crippen molar-refractivity contribution in [2.45, 2.75) is 21.0 Å². The minimum atomic E-state index is -1.18. The van der Waals surface area contributed by atoms with Gasteiger partial charge >= 0.3 is 0 Å². The fraction of sp³-hybridized carbons (Fsp3) is 0.250. The zero-order valence-electron chi connectivity index (χ0n) is 20.5. The molecular weight excluding hydrogens is 497 g/mol. The molecule has 1 fully saturated rings. The van der Waals surface area contributed by atoms with Crippen molar-refractivity contribution in [3.8, 4) is 5.75 Å². The second kappa shape index (κ2) is 8.16. The molecule has 0 unspecified atom stereocenters. The molecule has 7 nitrogen and oxygen atoms in total. The first kappa shape index (κ1) is 24.2. The maximum absolute atomic E-state index is 15.7. The van der Waals surface area contributed by atoms with Gasteiger partial charge in [0.25, 0.3) is 5.91 Å². The number of aromatic hydroxyl groups is 1. The third-order valence-electron chi connectivity index (χ3n) is 7.59. The summed E-state index contributed by atoms with van der Waals surface area (Å²) >= 11 is 1.43. The number of carbonyl (C=O) groups excluding carboxylic acids is 1. The van der Waals surface area contributed by atoms with Crippen LogP contribution in [0.5, 0.6) is 5.75 Å². The van der Waals surface area contributed by atoms with Crippen LogP contribution in [-0.4, -0.2) is 70.1 Å². The van der Waals surface area contributed by atoms with Crippen molar-refractivity contribution in [3.05, 3.63) is 92.9 Å². The second-order valence-corrected chi connectivity index (χ2v) is 11.7. The molecule has 1 N–H and O–H groups in total. The number of hydrogen-bond acceptors (Lipinski definition) is 6. The van der Waals surface area contributed by atoms with Gasteiger partial charge in [0.05, 0.1) is 18.7 Å². The molecule has 2 atom stereocenters. The van der Waals surface area contributed by atoms with Crippen LogP contribution in [0.25, 0.3) is 0 Å². The highest BCUT2D eigenvalue weighted by Gasteiger charge is 2.53. The van der Waals surface area contributed by atoms with Gasteiger partial charge in [0.2, 0.25) is 5.43 Å². The Morgan fingerprint density at radius 3 is 2.59 bits per heavy atom. The average Bonchev–Trinajstić information content (AvgIpc) is 2.94. The fourth-order valence-corrected chi connectivity index (χ4v) is 7.31. The number of fused-ring (bicyclic) bond motifs is 4. The van der Waals surface area contributed by atoms with Crippen molar-refractivity contribution in [1.82, 2.24) is 9.58 Å². The summed E-state index contributed by atoms with van der Waals surface area (Å²) in [6.07, 6.45) is 0.790. The summed E-state index contributed by atoms with van der Waals surface area (Å²) in [6.45, 7) is 0.678. The molecule has 186 valence electrons. The second-order valence-electron chi connectivity index (χ2n) is 10.1. The van der Waals surface area contributed by atoms with Crippen LogP contribution in [0.4, 0.5) is 8.78 Å². The monoisotopic (exact) mass is 519 g/mol. The van der Waals surface area contributed by atoms with Crippen LogP contribution < -0.4 is 10.4 Å². The Kier molecular flexibility index (Phi) is 5.33. The van der Waals surface area contributed by atoms with Gasteiger partial charge in [-0.25, -0.2) is 8.78 Å². The normalized spacial score (nSPS) is 23.9. The van der Waals surface area contributed by atoms with Crippen molar-refractivity contribution in [2.24, 2.45) is 0 Å². The molecule has 1 amide bonds. The van der Waals surface area contributed by atoms with Gasteiger partial charge in [0.15, 0.2) is 23.1 Å². The molecule has 3 aromatic rings. The van der Waals surface area contributed by atoms with E-state index in [1.165, 1.54) is 28.7 Å². The van der Waals surface area contributed by atoms with Crippen LogP contribution in [0.2, 0.25) is 0 Å². The number of benzene rings is 2. The summed E-state index contributed by atoms with van der Waals surface area (Å²) in [5.74, 6) is -3.03. The van der Waals surface area contributed by atoms with Gasteiger partial charge in [-0.2, -0.15) is 0 Å². The molecule has 4 heterocycles. The lowest BCUT2D eigenvalue weighted by Crippen LogP contribution is -2.71. The van der Waals surface area contributed by atoms with Crippen LogP contribution in [0.15, 0.2) is 58.4 Å². The fourth-order valence-electron chi connectivity index (χ4n) is 5.94. The SMILES string of the molecule is BC1(B)Sc2ccccc2[C@](B)(N2[C@@H]3COCCN3C(=O)c3c(O)c(=O)ccn32)c2ccc(F)c(F)c21. The lowest BCUT2D eigenvalue weighted by atomic mass is 9.58. The first-order valence-electron chi connectivity index (χ1n) is 12.0. The van der Waals surface area contributed by atoms with E-state index in [0.29, 0.717) is 12.2 Å². The zero-order valence-corrected chi connectivity index (χ0v) is 21.3. The van der Waals surface area contributed by atoms with Crippen LogP contribution in [0, 0.1) is 11.6 Å². The highest BCUT2D eigenvalue weighted by Crippen LogP contribution is 2.52. The zero-order chi connectivity index (χ0) is 26.3. The number of ether oxygens (including phenoxy) is 1. The number of pyridine rings is 1. The Balaban J connectivity index is 1.76. The van der Waals surface area contributed by atoms with E-state index < -0.39 is 44.9 Å². The van der Waals surface area contributed by atoms with E-state index in [2.05, 4.69) is 0 Å².